The number of guanidine groups is 1. The number of hydrogen-bond acceptors (Lipinski definition) is 3. The van der Waals surface area contributed by atoms with Gasteiger partial charge in [0, 0.05) is 18.7 Å². The fourth-order valence-electron chi connectivity index (χ4n) is 2.77. The van der Waals surface area contributed by atoms with Gasteiger partial charge in [-0.15, -0.1) is 24.0 Å². The number of para-hydroxylation sites is 1. The third-order valence-electron chi connectivity index (χ3n) is 4.27. The highest BCUT2D eigenvalue weighted by Crippen LogP contribution is 2.17. The number of aryl methyl sites for hydroxylation is 1. The number of amides is 1. The number of rotatable bonds is 9. The van der Waals surface area contributed by atoms with Crippen LogP contribution in [0.1, 0.15) is 42.3 Å². The molecule has 2 rings (SSSR count). The molecule has 0 fully saturated rings. The molecule has 0 saturated carbocycles. The summed E-state index contributed by atoms with van der Waals surface area (Å²) in [4.78, 5) is 16.6. The minimum Gasteiger partial charge on any atom is -0.489 e. The maximum Gasteiger partial charge on any atom is 0.251 e. The number of aliphatic imine (C=N–C) groups is 1. The van der Waals surface area contributed by atoms with E-state index in [-0.39, 0.29) is 36.0 Å². The molecule has 2 aromatic carbocycles. The molecule has 2 aromatic rings. The fourth-order valence-corrected chi connectivity index (χ4v) is 2.77. The lowest BCUT2D eigenvalue weighted by Crippen LogP contribution is -2.41. The van der Waals surface area contributed by atoms with E-state index in [1.807, 2.05) is 76.2 Å². The molecule has 0 saturated heterocycles. The Bertz CT molecular complexity index is 826. The Morgan fingerprint density at radius 2 is 1.77 bits per heavy atom. The van der Waals surface area contributed by atoms with Crippen LogP contribution in [0.2, 0.25) is 0 Å². The molecule has 0 spiro atoms. The number of halogens is 1. The van der Waals surface area contributed by atoms with Gasteiger partial charge in [0.2, 0.25) is 0 Å². The van der Waals surface area contributed by atoms with E-state index in [0.717, 1.165) is 29.4 Å². The second-order valence-corrected chi connectivity index (χ2v) is 6.83. The molecular formula is C23H33IN4O2. The monoisotopic (exact) mass is 524 g/mol. The molecule has 0 aliphatic heterocycles. The summed E-state index contributed by atoms with van der Waals surface area (Å²) in [7, 11) is 0. The van der Waals surface area contributed by atoms with E-state index in [1.54, 1.807) is 0 Å². The predicted molar refractivity (Wildman–Crippen MR) is 134 cm³/mol. The van der Waals surface area contributed by atoms with Gasteiger partial charge in [-0.25, -0.2) is 4.99 Å². The zero-order chi connectivity index (χ0) is 21.1. The summed E-state index contributed by atoms with van der Waals surface area (Å²) >= 11 is 0. The van der Waals surface area contributed by atoms with E-state index in [2.05, 4.69) is 20.9 Å². The summed E-state index contributed by atoms with van der Waals surface area (Å²) < 4.78 is 6.01. The first-order valence-electron chi connectivity index (χ1n) is 10.1. The summed E-state index contributed by atoms with van der Waals surface area (Å²) in [5.74, 6) is 1.55. The summed E-state index contributed by atoms with van der Waals surface area (Å²) in [5, 5.41) is 9.39. The Balaban J connectivity index is 0.00000450. The molecule has 30 heavy (non-hydrogen) atoms. The van der Waals surface area contributed by atoms with E-state index in [9.17, 15) is 4.79 Å². The minimum absolute atomic E-state index is 0. The van der Waals surface area contributed by atoms with Crippen LogP contribution >= 0.6 is 24.0 Å². The highest BCUT2D eigenvalue weighted by Gasteiger charge is 2.08. The quantitative estimate of drug-likeness (QED) is 0.265. The normalized spacial score (nSPS) is 11.8. The first-order chi connectivity index (χ1) is 14.0. The molecule has 0 aromatic heterocycles. The second kappa shape index (κ2) is 13.8. The van der Waals surface area contributed by atoms with Crippen LogP contribution in [0.25, 0.3) is 0 Å². The largest absolute Gasteiger partial charge is 0.489 e. The second-order valence-electron chi connectivity index (χ2n) is 6.83. The molecule has 1 amide bonds. The standard InChI is InChI=1S/C23H32N4O2.HI/c1-5-24-22(28)20-12-9-11-19(14-20)16-27-23(25-6-2)26-15-18(4)29-21-13-8-7-10-17(21)3;/h7-14,18H,5-6,15-16H2,1-4H3,(H,24,28)(H2,25,26,27);1H. The van der Waals surface area contributed by atoms with Crippen molar-refractivity contribution in [2.45, 2.75) is 40.3 Å². The van der Waals surface area contributed by atoms with E-state index in [1.165, 1.54) is 0 Å². The molecule has 7 heteroatoms. The van der Waals surface area contributed by atoms with Gasteiger partial charge in [-0.05, 0) is 57.0 Å². The van der Waals surface area contributed by atoms with Crippen molar-refractivity contribution in [3.63, 3.8) is 0 Å². The number of carbonyl (C=O) groups excluding carboxylic acids is 1. The van der Waals surface area contributed by atoms with Crippen LogP contribution in [-0.2, 0) is 6.54 Å². The van der Waals surface area contributed by atoms with Crippen LogP contribution in [0.4, 0.5) is 0 Å². The van der Waals surface area contributed by atoms with Gasteiger partial charge in [0.15, 0.2) is 5.96 Å². The van der Waals surface area contributed by atoms with Gasteiger partial charge in [0.25, 0.3) is 5.91 Å². The number of ether oxygens (including phenoxy) is 1. The lowest BCUT2D eigenvalue weighted by atomic mass is 10.1. The third-order valence-corrected chi connectivity index (χ3v) is 4.27. The molecule has 0 aliphatic carbocycles. The van der Waals surface area contributed by atoms with E-state index >= 15 is 0 Å². The first kappa shape index (κ1) is 25.7. The van der Waals surface area contributed by atoms with Gasteiger partial charge in [0.05, 0.1) is 13.1 Å². The van der Waals surface area contributed by atoms with Gasteiger partial charge in [-0.2, -0.15) is 0 Å². The molecule has 164 valence electrons. The average Bonchev–Trinajstić information content (AvgIpc) is 2.72. The highest BCUT2D eigenvalue weighted by molar-refractivity contribution is 14.0. The third kappa shape index (κ3) is 8.61. The van der Waals surface area contributed by atoms with Crippen molar-refractivity contribution in [1.82, 2.24) is 16.0 Å². The van der Waals surface area contributed by atoms with Gasteiger partial charge in [-0.1, -0.05) is 30.3 Å². The lowest BCUT2D eigenvalue weighted by Gasteiger charge is -2.18. The first-order valence-corrected chi connectivity index (χ1v) is 10.1. The summed E-state index contributed by atoms with van der Waals surface area (Å²) in [5.41, 5.74) is 2.75. The minimum atomic E-state index is -0.0643. The van der Waals surface area contributed by atoms with E-state index < -0.39 is 0 Å². The van der Waals surface area contributed by atoms with Crippen molar-refractivity contribution in [3.05, 3.63) is 65.2 Å². The van der Waals surface area contributed by atoms with Crippen molar-refractivity contribution < 1.29 is 9.53 Å². The molecule has 0 radical (unpaired) electrons. The Hall–Kier alpha value is -2.29. The van der Waals surface area contributed by atoms with Gasteiger partial charge in [-0.3, -0.25) is 4.79 Å². The SMILES string of the molecule is CCNC(=O)c1cccc(CN=C(NCC)NCC(C)Oc2ccccc2C)c1.I. The molecule has 6 nitrogen and oxygen atoms in total. The maximum absolute atomic E-state index is 12.0. The van der Waals surface area contributed by atoms with Crippen molar-refractivity contribution in [2.75, 3.05) is 19.6 Å². The van der Waals surface area contributed by atoms with Crippen molar-refractivity contribution in [2.24, 2.45) is 4.99 Å². The Morgan fingerprint density at radius 1 is 1.03 bits per heavy atom. The number of benzene rings is 2. The van der Waals surface area contributed by atoms with Crippen LogP contribution in [0.5, 0.6) is 5.75 Å². The highest BCUT2D eigenvalue weighted by atomic mass is 127. The van der Waals surface area contributed by atoms with Crippen LogP contribution in [0, 0.1) is 6.92 Å². The number of nitrogens with one attached hydrogen (secondary N) is 3. The molecule has 0 bridgehead atoms. The number of nitrogens with zero attached hydrogens (tertiary/aromatic N) is 1. The Kier molecular flexibility index (Phi) is 11.9. The van der Waals surface area contributed by atoms with Crippen molar-refractivity contribution in [3.8, 4) is 5.75 Å². The molecule has 3 N–H and O–H groups in total. The van der Waals surface area contributed by atoms with Gasteiger partial charge >= 0.3 is 0 Å². The Labute approximate surface area is 196 Å². The molecule has 1 atom stereocenters. The van der Waals surface area contributed by atoms with Crippen LogP contribution in [0.3, 0.4) is 0 Å². The van der Waals surface area contributed by atoms with Crippen LogP contribution < -0.4 is 20.7 Å². The molecular weight excluding hydrogens is 491 g/mol. The lowest BCUT2D eigenvalue weighted by molar-refractivity contribution is 0.0955. The van der Waals surface area contributed by atoms with E-state index in [0.29, 0.717) is 25.2 Å². The van der Waals surface area contributed by atoms with Crippen molar-refractivity contribution >= 4 is 35.8 Å². The zero-order valence-corrected chi connectivity index (χ0v) is 20.5. The maximum atomic E-state index is 12.0. The molecule has 0 heterocycles. The van der Waals surface area contributed by atoms with Crippen LogP contribution in [-0.4, -0.2) is 37.6 Å². The van der Waals surface area contributed by atoms with Crippen LogP contribution in [0.15, 0.2) is 53.5 Å². The molecule has 1 unspecified atom stereocenters. The number of hydrogen-bond donors (Lipinski definition) is 3. The Morgan fingerprint density at radius 3 is 2.47 bits per heavy atom. The summed E-state index contributed by atoms with van der Waals surface area (Å²) in [6.07, 6.45) is -0.0129. The average molecular weight is 524 g/mol. The summed E-state index contributed by atoms with van der Waals surface area (Å²) in [6.45, 7) is 10.5. The van der Waals surface area contributed by atoms with Crippen molar-refractivity contribution in [1.29, 1.82) is 0 Å². The van der Waals surface area contributed by atoms with Gasteiger partial charge in [0.1, 0.15) is 11.9 Å². The fraction of sp³-hybridized carbons (Fsp3) is 0.391. The predicted octanol–water partition coefficient (Wildman–Crippen LogP) is 3.89. The number of carbonyl (C=O) groups is 1. The molecule has 0 aliphatic rings. The summed E-state index contributed by atoms with van der Waals surface area (Å²) in [6, 6.07) is 15.5. The zero-order valence-electron chi connectivity index (χ0n) is 18.2. The van der Waals surface area contributed by atoms with Gasteiger partial charge < -0.3 is 20.7 Å². The topological polar surface area (TPSA) is 74.8 Å². The smallest absolute Gasteiger partial charge is 0.251 e. The van der Waals surface area contributed by atoms with E-state index in [4.69, 9.17) is 4.74 Å².